The average molecular weight is 202 g/mol. The molecule has 3 nitrogen and oxygen atoms in total. The number of unbranched alkanes of at least 4 members (excludes halogenated alkanes) is 3. The predicted octanol–water partition coefficient (Wildman–Crippen LogP) is 2.54. The lowest BCUT2D eigenvalue weighted by Gasteiger charge is -2.04. The van der Waals surface area contributed by atoms with Crippen LogP contribution in [0, 0.1) is 0 Å². The van der Waals surface area contributed by atoms with Crippen molar-refractivity contribution in [2.24, 2.45) is 0 Å². The van der Waals surface area contributed by atoms with Crippen molar-refractivity contribution in [2.45, 2.75) is 46.0 Å². The van der Waals surface area contributed by atoms with Crippen molar-refractivity contribution >= 4 is 5.97 Å². The van der Waals surface area contributed by atoms with Crippen LogP contribution in [0.25, 0.3) is 0 Å². The van der Waals surface area contributed by atoms with E-state index in [4.69, 9.17) is 9.47 Å². The van der Waals surface area contributed by atoms with Crippen LogP contribution in [0.4, 0.5) is 0 Å². The van der Waals surface area contributed by atoms with Crippen molar-refractivity contribution in [1.82, 2.24) is 0 Å². The van der Waals surface area contributed by atoms with Crippen LogP contribution in [0.2, 0.25) is 0 Å². The molecule has 0 aliphatic heterocycles. The summed E-state index contributed by atoms with van der Waals surface area (Å²) in [6.45, 7) is 5.67. The highest BCUT2D eigenvalue weighted by molar-refractivity contribution is 5.68. The standard InChI is InChI=1S/C11H22O3/c1-3-5-6-7-8-13-9-10-14-11(12)4-2/h3-10H2,1-2H3. The molecule has 0 aliphatic rings. The van der Waals surface area contributed by atoms with E-state index in [-0.39, 0.29) is 5.97 Å². The molecule has 0 atom stereocenters. The van der Waals surface area contributed by atoms with Crippen LogP contribution < -0.4 is 0 Å². The summed E-state index contributed by atoms with van der Waals surface area (Å²) in [7, 11) is 0. The van der Waals surface area contributed by atoms with Gasteiger partial charge in [-0.2, -0.15) is 0 Å². The van der Waals surface area contributed by atoms with E-state index in [1.165, 1.54) is 19.3 Å². The van der Waals surface area contributed by atoms with E-state index in [0.717, 1.165) is 13.0 Å². The Morgan fingerprint density at radius 3 is 2.43 bits per heavy atom. The lowest BCUT2D eigenvalue weighted by Crippen LogP contribution is -2.09. The number of hydrogen-bond donors (Lipinski definition) is 0. The van der Waals surface area contributed by atoms with Crippen LogP contribution >= 0.6 is 0 Å². The highest BCUT2D eigenvalue weighted by Gasteiger charge is 1.96. The van der Waals surface area contributed by atoms with Gasteiger partial charge in [-0.15, -0.1) is 0 Å². The van der Waals surface area contributed by atoms with Crippen LogP contribution in [0.3, 0.4) is 0 Å². The molecular weight excluding hydrogens is 180 g/mol. The lowest BCUT2D eigenvalue weighted by atomic mass is 10.2. The first-order valence-electron chi connectivity index (χ1n) is 5.54. The van der Waals surface area contributed by atoms with Gasteiger partial charge in [-0.05, 0) is 6.42 Å². The molecule has 0 bridgehead atoms. The number of rotatable bonds is 9. The van der Waals surface area contributed by atoms with Crippen LogP contribution in [0.15, 0.2) is 0 Å². The second-order valence-corrected chi connectivity index (χ2v) is 3.25. The molecule has 0 amide bonds. The number of carbonyl (C=O) groups is 1. The van der Waals surface area contributed by atoms with Gasteiger partial charge in [0.05, 0.1) is 6.61 Å². The van der Waals surface area contributed by atoms with Gasteiger partial charge < -0.3 is 9.47 Å². The maximum Gasteiger partial charge on any atom is 0.305 e. The quantitative estimate of drug-likeness (QED) is 0.426. The Morgan fingerprint density at radius 2 is 1.79 bits per heavy atom. The highest BCUT2D eigenvalue weighted by Crippen LogP contribution is 1.98. The van der Waals surface area contributed by atoms with Gasteiger partial charge in [0.15, 0.2) is 0 Å². The number of carbonyl (C=O) groups excluding carboxylic acids is 1. The van der Waals surface area contributed by atoms with Gasteiger partial charge in [0.25, 0.3) is 0 Å². The van der Waals surface area contributed by atoms with Crippen molar-refractivity contribution in [3.05, 3.63) is 0 Å². The molecule has 0 N–H and O–H groups in total. The summed E-state index contributed by atoms with van der Waals surface area (Å²) in [5.74, 6) is -0.153. The molecule has 0 unspecified atom stereocenters. The van der Waals surface area contributed by atoms with Crippen molar-refractivity contribution in [1.29, 1.82) is 0 Å². The fourth-order valence-electron chi connectivity index (χ4n) is 1.05. The van der Waals surface area contributed by atoms with Gasteiger partial charge in [0, 0.05) is 13.0 Å². The van der Waals surface area contributed by atoms with Crippen LogP contribution in [-0.2, 0) is 14.3 Å². The largest absolute Gasteiger partial charge is 0.463 e. The molecule has 0 aromatic carbocycles. The molecule has 14 heavy (non-hydrogen) atoms. The summed E-state index contributed by atoms with van der Waals surface area (Å²) < 4.78 is 10.2. The molecule has 0 aliphatic carbocycles. The van der Waals surface area contributed by atoms with E-state index >= 15 is 0 Å². The van der Waals surface area contributed by atoms with Crippen LogP contribution in [0.1, 0.15) is 46.0 Å². The topological polar surface area (TPSA) is 35.5 Å². The van der Waals surface area contributed by atoms with Crippen molar-refractivity contribution in [3.63, 3.8) is 0 Å². The second-order valence-electron chi connectivity index (χ2n) is 3.25. The van der Waals surface area contributed by atoms with Crippen LogP contribution in [-0.4, -0.2) is 25.8 Å². The smallest absolute Gasteiger partial charge is 0.305 e. The Labute approximate surface area is 86.8 Å². The summed E-state index contributed by atoms with van der Waals surface area (Å²) in [4.78, 5) is 10.7. The molecule has 3 heteroatoms. The van der Waals surface area contributed by atoms with E-state index in [1.54, 1.807) is 6.92 Å². The third-order valence-corrected chi connectivity index (χ3v) is 1.92. The summed E-state index contributed by atoms with van der Waals surface area (Å²) in [5, 5.41) is 0. The zero-order valence-corrected chi connectivity index (χ0v) is 9.38. The lowest BCUT2D eigenvalue weighted by molar-refractivity contribution is -0.144. The third kappa shape index (κ3) is 9.52. The average Bonchev–Trinajstić information content (AvgIpc) is 2.21. The highest BCUT2D eigenvalue weighted by atomic mass is 16.6. The second kappa shape index (κ2) is 10.5. The molecular formula is C11H22O3. The Bertz CT molecular complexity index is 134. The van der Waals surface area contributed by atoms with E-state index in [0.29, 0.717) is 19.6 Å². The van der Waals surface area contributed by atoms with Crippen LogP contribution in [0.5, 0.6) is 0 Å². The van der Waals surface area contributed by atoms with Gasteiger partial charge in [-0.3, -0.25) is 4.79 Å². The maximum absolute atomic E-state index is 10.7. The summed E-state index contributed by atoms with van der Waals surface area (Å²) in [5.41, 5.74) is 0. The van der Waals surface area contributed by atoms with E-state index in [9.17, 15) is 4.79 Å². The molecule has 84 valence electrons. The first-order chi connectivity index (χ1) is 6.81. The fourth-order valence-corrected chi connectivity index (χ4v) is 1.05. The zero-order valence-electron chi connectivity index (χ0n) is 9.38. The first-order valence-corrected chi connectivity index (χ1v) is 5.54. The monoisotopic (exact) mass is 202 g/mol. The molecule has 0 fully saturated rings. The molecule has 0 saturated heterocycles. The molecule has 0 heterocycles. The molecule has 0 saturated carbocycles. The number of hydrogen-bond acceptors (Lipinski definition) is 3. The SMILES string of the molecule is CCCCCCOCCOC(=O)CC. The predicted molar refractivity (Wildman–Crippen MR) is 56.2 cm³/mol. The summed E-state index contributed by atoms with van der Waals surface area (Å²) in [6.07, 6.45) is 5.29. The number of ether oxygens (including phenoxy) is 2. The minimum atomic E-state index is -0.153. The molecule has 0 spiro atoms. The van der Waals surface area contributed by atoms with E-state index < -0.39 is 0 Å². The van der Waals surface area contributed by atoms with Crippen molar-refractivity contribution in [3.8, 4) is 0 Å². The molecule has 0 rings (SSSR count). The Morgan fingerprint density at radius 1 is 1.00 bits per heavy atom. The van der Waals surface area contributed by atoms with Gasteiger partial charge in [-0.1, -0.05) is 33.1 Å². The van der Waals surface area contributed by atoms with Gasteiger partial charge in [0.1, 0.15) is 6.61 Å². The zero-order chi connectivity index (χ0) is 10.6. The van der Waals surface area contributed by atoms with Crippen molar-refractivity contribution in [2.75, 3.05) is 19.8 Å². The van der Waals surface area contributed by atoms with Gasteiger partial charge in [-0.25, -0.2) is 0 Å². The summed E-state index contributed by atoms with van der Waals surface area (Å²) >= 11 is 0. The maximum atomic E-state index is 10.7. The Kier molecular flexibility index (Phi) is 10.1. The minimum Gasteiger partial charge on any atom is -0.463 e. The molecule has 0 aromatic heterocycles. The first kappa shape index (κ1) is 13.4. The summed E-state index contributed by atoms with van der Waals surface area (Å²) in [6, 6.07) is 0. The third-order valence-electron chi connectivity index (χ3n) is 1.92. The van der Waals surface area contributed by atoms with E-state index in [1.807, 2.05) is 0 Å². The van der Waals surface area contributed by atoms with Crippen molar-refractivity contribution < 1.29 is 14.3 Å². The van der Waals surface area contributed by atoms with Gasteiger partial charge >= 0.3 is 5.97 Å². The Balaban J connectivity index is 2.95. The molecule has 0 radical (unpaired) electrons. The normalized spacial score (nSPS) is 10.1. The minimum absolute atomic E-state index is 0.153. The van der Waals surface area contributed by atoms with Gasteiger partial charge in [0.2, 0.25) is 0 Å². The van der Waals surface area contributed by atoms with E-state index in [2.05, 4.69) is 6.92 Å². The molecule has 0 aromatic rings. The fraction of sp³-hybridized carbons (Fsp3) is 0.909. The Hall–Kier alpha value is -0.570. The number of esters is 1.